The molecule has 27 heavy (non-hydrogen) atoms. The van der Waals surface area contributed by atoms with Gasteiger partial charge in [0, 0.05) is 31.1 Å². The number of carbonyl (C=O) groups excluding carboxylic acids is 1. The molecular weight excluding hydrogens is 347 g/mol. The van der Waals surface area contributed by atoms with Gasteiger partial charge in [-0.2, -0.15) is 5.10 Å². The first-order chi connectivity index (χ1) is 13.1. The number of aliphatic hydroxyl groups is 1. The molecule has 0 aliphatic carbocycles. The third-order valence-corrected chi connectivity index (χ3v) is 5.28. The van der Waals surface area contributed by atoms with Gasteiger partial charge in [0.25, 0.3) is 0 Å². The summed E-state index contributed by atoms with van der Waals surface area (Å²) in [5.74, 6) is -0.283. The summed E-state index contributed by atoms with van der Waals surface area (Å²) in [6.45, 7) is 1.13. The van der Waals surface area contributed by atoms with Crippen LogP contribution in [-0.4, -0.2) is 49.7 Å². The molecule has 140 valence electrons. The van der Waals surface area contributed by atoms with E-state index in [-0.39, 0.29) is 5.82 Å². The molecule has 1 aliphatic rings. The molecule has 1 fully saturated rings. The molecule has 0 bridgehead atoms. The zero-order valence-electron chi connectivity index (χ0n) is 14.8. The van der Waals surface area contributed by atoms with Crippen molar-refractivity contribution in [1.82, 2.24) is 19.7 Å². The fourth-order valence-corrected chi connectivity index (χ4v) is 3.74. The van der Waals surface area contributed by atoms with Crippen molar-refractivity contribution in [2.45, 2.75) is 31.0 Å². The number of pyridine rings is 1. The topological polar surface area (TPSA) is 71.2 Å². The number of aldehydes is 1. The van der Waals surface area contributed by atoms with E-state index in [1.54, 1.807) is 29.2 Å². The lowest BCUT2D eigenvalue weighted by Crippen LogP contribution is -2.48. The Bertz CT molecular complexity index is 933. The summed E-state index contributed by atoms with van der Waals surface area (Å²) in [5, 5.41) is 16.1. The van der Waals surface area contributed by atoms with E-state index in [0.717, 1.165) is 17.2 Å². The Labute approximate surface area is 156 Å². The molecule has 3 aromatic rings. The van der Waals surface area contributed by atoms with Crippen LogP contribution in [0.5, 0.6) is 0 Å². The van der Waals surface area contributed by atoms with Crippen molar-refractivity contribution in [3.63, 3.8) is 0 Å². The molecule has 0 saturated carbocycles. The van der Waals surface area contributed by atoms with Crippen molar-refractivity contribution >= 4 is 17.3 Å². The predicted octanol–water partition coefficient (Wildman–Crippen LogP) is 2.34. The number of halogens is 1. The second kappa shape index (κ2) is 7.17. The van der Waals surface area contributed by atoms with Crippen LogP contribution >= 0.6 is 0 Å². The summed E-state index contributed by atoms with van der Waals surface area (Å²) < 4.78 is 14.7. The number of nitrogens with zero attached hydrogens (tertiary/aromatic N) is 4. The number of carbonyl (C=O) groups is 1. The summed E-state index contributed by atoms with van der Waals surface area (Å²) in [6.07, 6.45) is 5.23. The lowest BCUT2D eigenvalue weighted by atomic mass is 9.85. The van der Waals surface area contributed by atoms with Gasteiger partial charge in [-0.05, 0) is 42.7 Å². The van der Waals surface area contributed by atoms with E-state index in [1.165, 1.54) is 12.1 Å². The van der Waals surface area contributed by atoms with E-state index in [9.17, 15) is 14.3 Å². The van der Waals surface area contributed by atoms with Gasteiger partial charge in [0.1, 0.15) is 5.82 Å². The van der Waals surface area contributed by atoms with Gasteiger partial charge < -0.3 is 5.11 Å². The van der Waals surface area contributed by atoms with Gasteiger partial charge in [-0.25, -0.2) is 14.1 Å². The van der Waals surface area contributed by atoms with Crippen LogP contribution in [0.4, 0.5) is 4.39 Å². The van der Waals surface area contributed by atoms with E-state index in [1.807, 2.05) is 17.0 Å². The van der Waals surface area contributed by atoms with E-state index in [2.05, 4.69) is 10.1 Å². The van der Waals surface area contributed by atoms with Crippen LogP contribution in [-0.2, 0) is 11.2 Å². The van der Waals surface area contributed by atoms with Crippen LogP contribution < -0.4 is 0 Å². The number of rotatable bonds is 5. The first kappa shape index (κ1) is 17.8. The maximum atomic E-state index is 13.1. The summed E-state index contributed by atoms with van der Waals surface area (Å²) in [7, 11) is 0. The number of hydrogen-bond acceptors (Lipinski definition) is 5. The minimum absolute atomic E-state index is 0.283. The number of benzene rings is 1. The normalized spacial score (nSPS) is 18.4. The number of likely N-dealkylation sites (tertiary alicyclic amines) is 1. The maximum Gasteiger partial charge on any atom is 0.162 e. The Balaban J connectivity index is 1.47. The molecular formula is C20H21FN4O2. The predicted molar refractivity (Wildman–Crippen MR) is 98.5 cm³/mol. The van der Waals surface area contributed by atoms with Crippen molar-refractivity contribution in [3.8, 4) is 0 Å². The molecule has 7 heteroatoms. The van der Waals surface area contributed by atoms with Crippen LogP contribution in [0, 0.1) is 5.82 Å². The van der Waals surface area contributed by atoms with Gasteiger partial charge in [-0.15, -0.1) is 0 Å². The van der Waals surface area contributed by atoms with Crippen LogP contribution in [0.25, 0.3) is 11.0 Å². The molecule has 2 aromatic heterocycles. The first-order valence-electron chi connectivity index (χ1n) is 9.02. The summed E-state index contributed by atoms with van der Waals surface area (Å²) >= 11 is 0. The van der Waals surface area contributed by atoms with Gasteiger partial charge >= 0.3 is 0 Å². The van der Waals surface area contributed by atoms with Gasteiger partial charge in [-0.3, -0.25) is 9.69 Å². The third-order valence-electron chi connectivity index (χ3n) is 5.28. The van der Waals surface area contributed by atoms with Gasteiger partial charge in [-0.1, -0.05) is 12.1 Å². The van der Waals surface area contributed by atoms with Crippen LogP contribution in [0.15, 0.2) is 48.8 Å². The van der Waals surface area contributed by atoms with Gasteiger partial charge in [0.2, 0.25) is 0 Å². The standard InChI is InChI=1S/C20H21FN4O2/c21-17-5-3-15(4-6-17)12-20(27)7-10-24(11-8-20)18(14-26)25-19-16(13-23-25)2-1-9-22-19/h1-6,9,13-14,18,27H,7-8,10-12H2. The van der Waals surface area contributed by atoms with Crippen molar-refractivity contribution < 1.29 is 14.3 Å². The zero-order valence-corrected chi connectivity index (χ0v) is 14.8. The van der Waals surface area contributed by atoms with Crippen molar-refractivity contribution in [1.29, 1.82) is 0 Å². The average molecular weight is 368 g/mol. The third kappa shape index (κ3) is 3.61. The highest BCUT2D eigenvalue weighted by Crippen LogP contribution is 2.29. The Morgan fingerprint density at radius 1 is 1.22 bits per heavy atom. The Kier molecular flexibility index (Phi) is 4.72. The van der Waals surface area contributed by atoms with E-state index >= 15 is 0 Å². The SMILES string of the molecule is O=CC(N1CCC(O)(Cc2ccc(F)cc2)CC1)n1ncc2cccnc21. The van der Waals surface area contributed by atoms with Crippen molar-refractivity contribution in [3.05, 3.63) is 60.2 Å². The molecule has 1 aliphatic heterocycles. The van der Waals surface area contributed by atoms with E-state index in [0.29, 0.717) is 38.0 Å². The molecule has 1 N–H and O–H groups in total. The fourth-order valence-electron chi connectivity index (χ4n) is 3.74. The summed E-state index contributed by atoms with van der Waals surface area (Å²) in [4.78, 5) is 18.1. The quantitative estimate of drug-likeness (QED) is 0.700. The summed E-state index contributed by atoms with van der Waals surface area (Å²) in [5.41, 5.74) is 0.718. The molecule has 0 amide bonds. The number of fused-ring (bicyclic) bond motifs is 1. The van der Waals surface area contributed by atoms with Crippen LogP contribution in [0.3, 0.4) is 0 Å². The minimum atomic E-state index is -0.855. The Hall–Kier alpha value is -2.64. The fraction of sp³-hybridized carbons (Fsp3) is 0.350. The minimum Gasteiger partial charge on any atom is -0.389 e. The Morgan fingerprint density at radius 2 is 1.96 bits per heavy atom. The monoisotopic (exact) mass is 368 g/mol. The smallest absolute Gasteiger partial charge is 0.162 e. The van der Waals surface area contributed by atoms with Crippen LogP contribution in [0.2, 0.25) is 0 Å². The highest BCUT2D eigenvalue weighted by Gasteiger charge is 2.35. The number of hydrogen-bond donors (Lipinski definition) is 1. The average Bonchev–Trinajstić information content (AvgIpc) is 3.10. The van der Waals surface area contributed by atoms with E-state index in [4.69, 9.17) is 0 Å². The second-order valence-electron chi connectivity index (χ2n) is 7.12. The molecule has 6 nitrogen and oxygen atoms in total. The molecule has 1 unspecified atom stereocenters. The van der Waals surface area contributed by atoms with Gasteiger partial charge in [0.15, 0.2) is 18.1 Å². The van der Waals surface area contributed by atoms with Crippen molar-refractivity contribution in [2.24, 2.45) is 0 Å². The van der Waals surface area contributed by atoms with Crippen molar-refractivity contribution in [2.75, 3.05) is 13.1 Å². The summed E-state index contributed by atoms with van der Waals surface area (Å²) in [6, 6.07) is 9.97. The molecule has 1 saturated heterocycles. The van der Waals surface area contributed by atoms with E-state index < -0.39 is 11.8 Å². The molecule has 1 atom stereocenters. The second-order valence-corrected chi connectivity index (χ2v) is 7.12. The lowest BCUT2D eigenvalue weighted by molar-refractivity contribution is -0.118. The Morgan fingerprint density at radius 3 is 2.67 bits per heavy atom. The van der Waals surface area contributed by atoms with Gasteiger partial charge in [0.05, 0.1) is 11.8 Å². The largest absolute Gasteiger partial charge is 0.389 e. The molecule has 1 aromatic carbocycles. The maximum absolute atomic E-state index is 13.1. The molecule has 3 heterocycles. The number of piperidine rings is 1. The first-order valence-corrected chi connectivity index (χ1v) is 9.02. The van der Waals surface area contributed by atoms with Crippen LogP contribution in [0.1, 0.15) is 24.6 Å². The number of aromatic nitrogens is 3. The molecule has 0 radical (unpaired) electrons. The highest BCUT2D eigenvalue weighted by atomic mass is 19.1. The molecule has 0 spiro atoms. The zero-order chi connectivity index (χ0) is 18.9. The highest BCUT2D eigenvalue weighted by molar-refractivity contribution is 5.75. The molecule has 4 rings (SSSR count). The lowest BCUT2D eigenvalue weighted by Gasteiger charge is -2.40.